The first-order chi connectivity index (χ1) is 11.9. The van der Waals surface area contributed by atoms with Crippen LogP contribution in [-0.4, -0.2) is 6.61 Å². The van der Waals surface area contributed by atoms with Crippen LogP contribution in [0, 0.1) is 0 Å². The number of ether oxygens (including phenoxy) is 1. The highest BCUT2D eigenvalue weighted by molar-refractivity contribution is 5.28. The molecule has 1 aromatic rings. The highest BCUT2D eigenvalue weighted by Gasteiger charge is 1.98. The Morgan fingerprint density at radius 3 is 1.75 bits per heavy atom. The van der Waals surface area contributed by atoms with Crippen LogP contribution in [0.25, 0.3) is 0 Å². The maximum absolute atomic E-state index is 5.57. The molecule has 0 fully saturated rings. The summed E-state index contributed by atoms with van der Waals surface area (Å²) in [7, 11) is 0. The summed E-state index contributed by atoms with van der Waals surface area (Å²) in [5, 5.41) is 0. The van der Waals surface area contributed by atoms with Crippen molar-refractivity contribution in [3.8, 4) is 5.75 Å². The van der Waals surface area contributed by atoms with Crippen molar-refractivity contribution in [1.82, 2.24) is 0 Å². The molecule has 0 aromatic heterocycles. The van der Waals surface area contributed by atoms with Crippen molar-refractivity contribution in [3.05, 3.63) is 29.8 Å². The third kappa shape index (κ3) is 11.5. The Morgan fingerprint density at radius 1 is 0.667 bits per heavy atom. The van der Waals surface area contributed by atoms with Gasteiger partial charge in [-0.2, -0.15) is 0 Å². The molecule has 0 N–H and O–H groups in total. The fraction of sp³-hybridized carbons (Fsp3) is 0.739. The first-order valence-electron chi connectivity index (χ1n) is 10.6. The molecule has 24 heavy (non-hydrogen) atoms. The van der Waals surface area contributed by atoms with Crippen LogP contribution >= 0.6 is 0 Å². The number of hydrogen-bond donors (Lipinski definition) is 0. The van der Waals surface area contributed by atoms with Crippen molar-refractivity contribution in [3.63, 3.8) is 0 Å². The molecule has 1 rings (SSSR count). The van der Waals surface area contributed by atoms with Gasteiger partial charge in [0.15, 0.2) is 0 Å². The lowest BCUT2D eigenvalue weighted by Crippen LogP contribution is -1.93. The monoisotopic (exact) mass is 332 g/mol. The molecule has 0 heterocycles. The van der Waals surface area contributed by atoms with E-state index in [4.69, 9.17) is 4.74 Å². The van der Waals surface area contributed by atoms with E-state index in [1.165, 1.54) is 95.5 Å². The quantitative estimate of drug-likeness (QED) is 0.281. The second kappa shape index (κ2) is 15.5. The first kappa shape index (κ1) is 21.1. The van der Waals surface area contributed by atoms with Crippen LogP contribution < -0.4 is 4.74 Å². The molecule has 0 radical (unpaired) electrons. The molecule has 1 heteroatoms. The van der Waals surface area contributed by atoms with Crippen molar-refractivity contribution in [2.75, 3.05) is 6.61 Å². The van der Waals surface area contributed by atoms with Crippen LogP contribution in [0.1, 0.15) is 103 Å². The van der Waals surface area contributed by atoms with Gasteiger partial charge in [0.1, 0.15) is 5.75 Å². The largest absolute Gasteiger partial charge is 0.494 e. The number of rotatable bonds is 16. The second-order valence-electron chi connectivity index (χ2n) is 7.07. The Morgan fingerprint density at radius 2 is 1.21 bits per heavy atom. The molecule has 0 aliphatic rings. The first-order valence-corrected chi connectivity index (χ1v) is 10.6. The van der Waals surface area contributed by atoms with Gasteiger partial charge in [-0.05, 0) is 37.5 Å². The van der Waals surface area contributed by atoms with Gasteiger partial charge in [0.25, 0.3) is 0 Å². The topological polar surface area (TPSA) is 9.23 Å². The summed E-state index contributed by atoms with van der Waals surface area (Å²) in [6, 6.07) is 8.59. The lowest BCUT2D eigenvalue weighted by molar-refractivity contribution is 0.340. The molecule has 1 nitrogen and oxygen atoms in total. The molecule has 0 unspecified atom stereocenters. The van der Waals surface area contributed by atoms with Crippen LogP contribution in [0.4, 0.5) is 0 Å². The number of benzene rings is 1. The molecular formula is C23H40O. The van der Waals surface area contributed by atoms with E-state index in [0.29, 0.717) is 0 Å². The maximum atomic E-state index is 5.57. The predicted molar refractivity (Wildman–Crippen MR) is 107 cm³/mol. The summed E-state index contributed by atoms with van der Waals surface area (Å²) in [4.78, 5) is 0. The van der Waals surface area contributed by atoms with Crippen LogP contribution in [0.2, 0.25) is 0 Å². The standard InChI is InChI=1S/C23H40O/c1-3-5-6-7-8-9-10-11-12-13-14-15-16-18-22-19-17-20-23(21-22)24-4-2/h17,19-21H,3-16,18H2,1-2H3. The van der Waals surface area contributed by atoms with Crippen LogP contribution in [-0.2, 0) is 6.42 Å². The normalized spacial score (nSPS) is 10.9. The molecule has 0 aliphatic carbocycles. The molecule has 1 aromatic carbocycles. The van der Waals surface area contributed by atoms with E-state index in [1.807, 2.05) is 6.92 Å². The van der Waals surface area contributed by atoms with Gasteiger partial charge in [0, 0.05) is 0 Å². The molecule has 0 saturated heterocycles. The zero-order chi connectivity index (χ0) is 17.3. The van der Waals surface area contributed by atoms with Gasteiger partial charge in [0.05, 0.1) is 6.61 Å². The third-order valence-electron chi connectivity index (χ3n) is 4.78. The Hall–Kier alpha value is -0.980. The molecule has 0 amide bonds. The van der Waals surface area contributed by atoms with Gasteiger partial charge in [0.2, 0.25) is 0 Å². The average molecular weight is 333 g/mol. The predicted octanol–water partition coefficient (Wildman–Crippen LogP) is 7.72. The van der Waals surface area contributed by atoms with E-state index in [-0.39, 0.29) is 0 Å². The van der Waals surface area contributed by atoms with Crippen LogP contribution in [0.5, 0.6) is 5.75 Å². The second-order valence-corrected chi connectivity index (χ2v) is 7.07. The number of hydrogen-bond acceptors (Lipinski definition) is 1. The highest BCUT2D eigenvalue weighted by atomic mass is 16.5. The van der Waals surface area contributed by atoms with E-state index in [1.54, 1.807) is 0 Å². The number of unbranched alkanes of at least 4 members (excludes halogenated alkanes) is 12. The zero-order valence-electron chi connectivity index (χ0n) is 16.3. The van der Waals surface area contributed by atoms with Crippen molar-refractivity contribution >= 4 is 0 Å². The summed E-state index contributed by atoms with van der Waals surface area (Å²) in [5.41, 5.74) is 1.42. The van der Waals surface area contributed by atoms with E-state index in [9.17, 15) is 0 Å². The summed E-state index contributed by atoms with van der Waals surface area (Å²) in [6.07, 6.45) is 19.7. The summed E-state index contributed by atoms with van der Waals surface area (Å²) in [6.45, 7) is 5.08. The molecule has 0 spiro atoms. The summed E-state index contributed by atoms with van der Waals surface area (Å²) < 4.78 is 5.57. The average Bonchev–Trinajstić information content (AvgIpc) is 2.60. The SMILES string of the molecule is CCCCCCCCCCCCCCCc1cccc(OCC)c1. The number of aryl methyl sites for hydroxylation is 1. The van der Waals surface area contributed by atoms with Gasteiger partial charge in [-0.15, -0.1) is 0 Å². The lowest BCUT2D eigenvalue weighted by atomic mass is 10.0. The third-order valence-corrected chi connectivity index (χ3v) is 4.78. The van der Waals surface area contributed by atoms with E-state index in [0.717, 1.165) is 12.4 Å². The van der Waals surface area contributed by atoms with Gasteiger partial charge in [-0.3, -0.25) is 0 Å². The molecule has 0 saturated carbocycles. The minimum Gasteiger partial charge on any atom is -0.494 e. The van der Waals surface area contributed by atoms with Crippen LogP contribution in [0.3, 0.4) is 0 Å². The Balaban J connectivity index is 1.88. The Kier molecular flexibility index (Phi) is 13.6. The van der Waals surface area contributed by atoms with Crippen LogP contribution in [0.15, 0.2) is 24.3 Å². The minimum atomic E-state index is 0.752. The molecule has 0 bridgehead atoms. The molecule has 0 aliphatic heterocycles. The van der Waals surface area contributed by atoms with E-state index >= 15 is 0 Å². The smallest absolute Gasteiger partial charge is 0.119 e. The van der Waals surface area contributed by atoms with Gasteiger partial charge in [-0.25, -0.2) is 0 Å². The van der Waals surface area contributed by atoms with Gasteiger partial charge in [-0.1, -0.05) is 96.1 Å². The minimum absolute atomic E-state index is 0.752. The fourth-order valence-electron chi connectivity index (χ4n) is 3.30. The molecule has 138 valence electrons. The van der Waals surface area contributed by atoms with Crippen molar-refractivity contribution < 1.29 is 4.74 Å². The van der Waals surface area contributed by atoms with Crippen molar-refractivity contribution in [1.29, 1.82) is 0 Å². The maximum Gasteiger partial charge on any atom is 0.119 e. The zero-order valence-corrected chi connectivity index (χ0v) is 16.3. The van der Waals surface area contributed by atoms with E-state index in [2.05, 4.69) is 31.2 Å². The lowest BCUT2D eigenvalue weighted by Gasteiger charge is -2.06. The summed E-state index contributed by atoms with van der Waals surface area (Å²) in [5.74, 6) is 1.02. The van der Waals surface area contributed by atoms with E-state index < -0.39 is 0 Å². The molecule has 0 atom stereocenters. The van der Waals surface area contributed by atoms with Crippen molar-refractivity contribution in [2.45, 2.75) is 104 Å². The fourth-order valence-corrected chi connectivity index (χ4v) is 3.30. The van der Waals surface area contributed by atoms with Gasteiger partial charge < -0.3 is 4.74 Å². The van der Waals surface area contributed by atoms with Crippen molar-refractivity contribution in [2.24, 2.45) is 0 Å². The molecular weight excluding hydrogens is 292 g/mol. The Labute approximate surface area is 151 Å². The summed E-state index contributed by atoms with van der Waals surface area (Å²) >= 11 is 0. The van der Waals surface area contributed by atoms with Gasteiger partial charge >= 0.3 is 0 Å². The Bertz CT molecular complexity index is 385. The highest BCUT2D eigenvalue weighted by Crippen LogP contribution is 2.17.